The summed E-state index contributed by atoms with van der Waals surface area (Å²) in [5.41, 5.74) is 10.2. The van der Waals surface area contributed by atoms with Gasteiger partial charge in [0.25, 0.3) is 0 Å². The maximum absolute atomic E-state index is 4.50. The van der Waals surface area contributed by atoms with Crippen LogP contribution < -0.4 is 0 Å². The van der Waals surface area contributed by atoms with Crippen LogP contribution >= 0.6 is 12.6 Å². The normalized spacial score (nSPS) is 18.6. The molecule has 0 N–H and O–H groups in total. The molecule has 0 saturated heterocycles. The molecule has 3 aliphatic rings. The molecule has 0 atom stereocenters. The minimum Gasteiger partial charge on any atom is -0.317 e. The van der Waals surface area contributed by atoms with Gasteiger partial charge in [0.05, 0.1) is 0 Å². The molecular weight excluding hydrogens is 334 g/mol. The molecule has 2 heteroatoms. The highest BCUT2D eigenvalue weighted by Crippen LogP contribution is 2.40. The van der Waals surface area contributed by atoms with Gasteiger partial charge >= 0.3 is 0 Å². The van der Waals surface area contributed by atoms with Gasteiger partial charge in [-0.05, 0) is 72.8 Å². The SMILES string of the molecule is SC1=CC=C(C2=Cc3c4c(n(-c5ccccc5)c3CC2)CCC=C4)CC1. The Bertz CT molecular complexity index is 983. The number of para-hydroxylation sites is 1. The molecule has 0 spiro atoms. The summed E-state index contributed by atoms with van der Waals surface area (Å²) >= 11 is 4.50. The Hall–Kier alpha value is -2.19. The van der Waals surface area contributed by atoms with Gasteiger partial charge in [0.1, 0.15) is 0 Å². The van der Waals surface area contributed by atoms with Crippen molar-refractivity contribution in [3.8, 4) is 5.69 Å². The molecule has 5 rings (SSSR count). The maximum atomic E-state index is 4.50. The van der Waals surface area contributed by atoms with Crippen molar-refractivity contribution in [2.24, 2.45) is 0 Å². The predicted molar refractivity (Wildman–Crippen MR) is 114 cm³/mol. The second-order valence-electron chi connectivity index (χ2n) is 7.35. The van der Waals surface area contributed by atoms with Crippen LogP contribution in [0.2, 0.25) is 0 Å². The first kappa shape index (κ1) is 16.0. The van der Waals surface area contributed by atoms with Gasteiger partial charge < -0.3 is 4.57 Å². The molecule has 1 nitrogen and oxygen atoms in total. The van der Waals surface area contributed by atoms with Crippen molar-refractivity contribution in [3.05, 3.63) is 87.1 Å². The monoisotopic (exact) mass is 357 g/mol. The molecule has 26 heavy (non-hydrogen) atoms. The second kappa shape index (κ2) is 6.51. The van der Waals surface area contributed by atoms with E-state index in [-0.39, 0.29) is 0 Å². The molecular formula is C24H23NS. The van der Waals surface area contributed by atoms with E-state index in [1.165, 1.54) is 44.3 Å². The van der Waals surface area contributed by atoms with E-state index in [1.807, 2.05) is 0 Å². The van der Waals surface area contributed by atoms with Gasteiger partial charge in [-0.15, -0.1) is 12.6 Å². The first-order valence-corrected chi connectivity index (χ1v) is 10.0. The Labute approximate surface area is 160 Å². The molecule has 1 aromatic heterocycles. The Morgan fingerprint density at radius 1 is 0.769 bits per heavy atom. The van der Waals surface area contributed by atoms with E-state index in [4.69, 9.17) is 0 Å². The molecule has 0 amide bonds. The van der Waals surface area contributed by atoms with E-state index >= 15 is 0 Å². The minimum atomic E-state index is 1.07. The number of hydrogen-bond donors (Lipinski definition) is 1. The first-order chi connectivity index (χ1) is 12.8. The lowest BCUT2D eigenvalue weighted by Gasteiger charge is -2.21. The molecule has 0 fully saturated rings. The molecule has 0 radical (unpaired) electrons. The van der Waals surface area contributed by atoms with Crippen LogP contribution in [-0.2, 0) is 12.8 Å². The fourth-order valence-electron chi connectivity index (χ4n) is 4.51. The zero-order valence-corrected chi connectivity index (χ0v) is 15.8. The average Bonchev–Trinajstić information content (AvgIpc) is 3.03. The molecule has 0 unspecified atom stereocenters. The number of benzene rings is 1. The van der Waals surface area contributed by atoms with Crippen LogP contribution in [0.1, 0.15) is 48.2 Å². The summed E-state index contributed by atoms with van der Waals surface area (Å²) in [5, 5.41) is 0. The Balaban J connectivity index is 1.67. The van der Waals surface area contributed by atoms with Crippen molar-refractivity contribution in [1.29, 1.82) is 0 Å². The van der Waals surface area contributed by atoms with Crippen molar-refractivity contribution in [3.63, 3.8) is 0 Å². The van der Waals surface area contributed by atoms with Crippen LogP contribution in [0.3, 0.4) is 0 Å². The second-order valence-corrected chi connectivity index (χ2v) is 7.93. The summed E-state index contributed by atoms with van der Waals surface area (Å²) in [7, 11) is 0. The van der Waals surface area contributed by atoms with Crippen molar-refractivity contribution < 1.29 is 0 Å². The highest BCUT2D eigenvalue weighted by molar-refractivity contribution is 7.84. The van der Waals surface area contributed by atoms with Crippen LogP contribution in [0.5, 0.6) is 0 Å². The van der Waals surface area contributed by atoms with Crippen LogP contribution in [0.4, 0.5) is 0 Å². The Morgan fingerprint density at radius 3 is 2.38 bits per heavy atom. The molecule has 130 valence electrons. The lowest BCUT2D eigenvalue weighted by Crippen LogP contribution is -2.09. The lowest BCUT2D eigenvalue weighted by molar-refractivity contribution is 0.796. The molecule has 1 heterocycles. The van der Waals surface area contributed by atoms with Crippen molar-refractivity contribution in [2.45, 2.75) is 38.5 Å². The van der Waals surface area contributed by atoms with Crippen LogP contribution in [0.25, 0.3) is 17.8 Å². The van der Waals surface area contributed by atoms with E-state index in [0.717, 1.165) is 38.5 Å². The number of thiol groups is 1. The zero-order valence-electron chi connectivity index (χ0n) is 14.9. The van der Waals surface area contributed by atoms with Crippen molar-refractivity contribution >= 4 is 24.8 Å². The molecule has 0 aliphatic heterocycles. The fourth-order valence-corrected chi connectivity index (χ4v) is 4.70. The highest BCUT2D eigenvalue weighted by atomic mass is 32.1. The largest absolute Gasteiger partial charge is 0.317 e. The number of aromatic nitrogens is 1. The van der Waals surface area contributed by atoms with E-state index in [1.54, 1.807) is 0 Å². The summed E-state index contributed by atoms with van der Waals surface area (Å²) in [6.45, 7) is 0. The fraction of sp³-hybridized carbons (Fsp3) is 0.250. The van der Waals surface area contributed by atoms with Gasteiger partial charge in [0.2, 0.25) is 0 Å². The van der Waals surface area contributed by atoms with Crippen LogP contribution in [0, 0.1) is 0 Å². The molecule has 1 aromatic carbocycles. The minimum absolute atomic E-state index is 1.07. The van der Waals surface area contributed by atoms with Crippen molar-refractivity contribution in [1.82, 2.24) is 4.57 Å². The van der Waals surface area contributed by atoms with Gasteiger partial charge in [-0.25, -0.2) is 0 Å². The summed E-state index contributed by atoms with van der Waals surface area (Å²) in [6, 6.07) is 10.9. The molecule has 0 bridgehead atoms. The average molecular weight is 358 g/mol. The van der Waals surface area contributed by atoms with E-state index in [2.05, 4.69) is 77.9 Å². The third-order valence-corrected chi connectivity index (χ3v) is 6.16. The van der Waals surface area contributed by atoms with Crippen LogP contribution in [-0.4, -0.2) is 4.57 Å². The Morgan fingerprint density at radius 2 is 1.58 bits per heavy atom. The van der Waals surface area contributed by atoms with Crippen LogP contribution in [0.15, 0.2) is 64.6 Å². The summed E-state index contributed by atoms with van der Waals surface area (Å²) in [4.78, 5) is 1.20. The number of nitrogens with zero attached hydrogens (tertiary/aromatic N) is 1. The molecule has 0 saturated carbocycles. The highest BCUT2D eigenvalue weighted by Gasteiger charge is 2.26. The zero-order chi connectivity index (χ0) is 17.5. The molecule has 3 aliphatic carbocycles. The maximum Gasteiger partial charge on any atom is 0.0455 e. The number of fused-ring (bicyclic) bond motifs is 3. The van der Waals surface area contributed by atoms with Gasteiger partial charge in [-0.1, -0.05) is 42.5 Å². The third kappa shape index (κ3) is 2.64. The third-order valence-electron chi connectivity index (χ3n) is 5.79. The van der Waals surface area contributed by atoms with Gasteiger partial charge in [0.15, 0.2) is 0 Å². The van der Waals surface area contributed by atoms with E-state index in [9.17, 15) is 0 Å². The van der Waals surface area contributed by atoms with Gasteiger partial charge in [-0.3, -0.25) is 0 Å². The standard InChI is InChI=1S/C24H23NS/c26-20-13-10-17(11-14-20)18-12-15-24-22(16-18)21-8-4-5-9-23(21)25(24)19-6-2-1-3-7-19/h1-4,6-8,10,13,16,26H,5,9,11-12,14-15H2. The smallest absolute Gasteiger partial charge is 0.0455 e. The van der Waals surface area contributed by atoms with E-state index < -0.39 is 0 Å². The number of rotatable bonds is 2. The van der Waals surface area contributed by atoms with Crippen molar-refractivity contribution in [2.75, 3.05) is 0 Å². The summed E-state index contributed by atoms with van der Waals surface area (Å²) < 4.78 is 2.53. The van der Waals surface area contributed by atoms with E-state index in [0.29, 0.717) is 0 Å². The Kier molecular flexibility index (Phi) is 4.01. The topological polar surface area (TPSA) is 4.93 Å². The first-order valence-electron chi connectivity index (χ1n) is 9.59. The van der Waals surface area contributed by atoms with Gasteiger partial charge in [-0.2, -0.15) is 0 Å². The van der Waals surface area contributed by atoms with Gasteiger partial charge in [0, 0.05) is 28.2 Å². The summed E-state index contributed by atoms with van der Waals surface area (Å²) in [6.07, 6.45) is 18.3. The molecule has 2 aromatic rings. The lowest BCUT2D eigenvalue weighted by atomic mass is 9.86. The quantitative estimate of drug-likeness (QED) is 0.602. The number of hydrogen-bond acceptors (Lipinski definition) is 1. The summed E-state index contributed by atoms with van der Waals surface area (Å²) in [5.74, 6) is 0. The predicted octanol–water partition coefficient (Wildman–Crippen LogP) is 6.30. The number of allylic oxidation sites excluding steroid dienone is 6.